The maximum atomic E-state index is 11.0. The van der Waals surface area contributed by atoms with Crippen LogP contribution in [0.15, 0.2) is 24.3 Å². The molecule has 1 spiro atoms. The van der Waals surface area contributed by atoms with Crippen LogP contribution in [0.25, 0.3) is 0 Å². The van der Waals surface area contributed by atoms with E-state index in [4.69, 9.17) is 14.2 Å². The second-order valence-corrected chi connectivity index (χ2v) is 6.48. The molecule has 1 heterocycles. The van der Waals surface area contributed by atoms with Gasteiger partial charge in [0.15, 0.2) is 5.79 Å². The lowest BCUT2D eigenvalue weighted by Crippen LogP contribution is -2.42. The zero-order valence-corrected chi connectivity index (χ0v) is 12.2. The molecule has 1 saturated heterocycles. The number of aliphatic hydroxyl groups is 1. The molecule has 3 fully saturated rings. The molecule has 0 amide bonds. The molecule has 4 heteroatoms. The summed E-state index contributed by atoms with van der Waals surface area (Å²) in [6, 6.07) is 7.93. The molecule has 1 aliphatic heterocycles. The van der Waals surface area contributed by atoms with E-state index < -0.39 is 11.4 Å². The predicted molar refractivity (Wildman–Crippen MR) is 77.1 cm³/mol. The van der Waals surface area contributed by atoms with E-state index in [2.05, 4.69) is 0 Å². The Morgan fingerprint density at radius 2 is 1.76 bits per heavy atom. The van der Waals surface area contributed by atoms with Crippen LogP contribution < -0.4 is 4.74 Å². The first kappa shape index (κ1) is 13.6. The Bertz CT molecular complexity index is 507. The minimum atomic E-state index is -0.788. The van der Waals surface area contributed by atoms with E-state index in [-0.39, 0.29) is 0 Å². The molecular weight excluding hydrogens is 268 g/mol. The van der Waals surface area contributed by atoms with Crippen molar-refractivity contribution in [1.82, 2.24) is 0 Å². The number of hydrogen-bond acceptors (Lipinski definition) is 4. The Kier molecular flexibility index (Phi) is 3.21. The molecule has 1 N–H and O–H groups in total. The van der Waals surface area contributed by atoms with Gasteiger partial charge in [-0.3, -0.25) is 0 Å². The van der Waals surface area contributed by atoms with E-state index in [0.29, 0.717) is 32.2 Å². The standard InChI is InChI=1S/C17H22O4/c18-16(6-8-17(9-7-16)19-10-11-20-17)13-2-1-3-15(12-13)21-14-4-5-14/h1-3,12,14,18H,4-11H2. The van der Waals surface area contributed by atoms with Gasteiger partial charge in [-0.2, -0.15) is 0 Å². The average molecular weight is 290 g/mol. The van der Waals surface area contributed by atoms with E-state index in [1.165, 1.54) is 0 Å². The lowest BCUT2D eigenvalue weighted by Gasteiger charge is -2.40. The smallest absolute Gasteiger partial charge is 0.168 e. The minimum absolute atomic E-state index is 0.379. The Morgan fingerprint density at radius 1 is 1.05 bits per heavy atom. The maximum Gasteiger partial charge on any atom is 0.168 e. The molecule has 2 saturated carbocycles. The highest BCUT2D eigenvalue weighted by atomic mass is 16.7. The van der Waals surface area contributed by atoms with Gasteiger partial charge in [-0.05, 0) is 43.4 Å². The second kappa shape index (κ2) is 4.97. The van der Waals surface area contributed by atoms with Crippen LogP contribution in [0, 0.1) is 0 Å². The normalized spacial score (nSPS) is 26.9. The fourth-order valence-corrected chi connectivity index (χ4v) is 3.36. The Labute approximate surface area is 125 Å². The van der Waals surface area contributed by atoms with Gasteiger partial charge in [0.2, 0.25) is 0 Å². The Morgan fingerprint density at radius 3 is 2.43 bits per heavy atom. The first-order valence-corrected chi connectivity index (χ1v) is 7.95. The molecule has 0 radical (unpaired) electrons. The van der Waals surface area contributed by atoms with Crippen molar-refractivity contribution in [2.45, 2.75) is 56.0 Å². The molecule has 0 aromatic heterocycles. The SMILES string of the molecule is OC1(c2cccc(OC3CC3)c2)CCC2(CC1)OCCO2. The predicted octanol–water partition coefficient (Wildman–Crippen LogP) is 2.73. The van der Waals surface area contributed by atoms with Crippen LogP contribution in [0.3, 0.4) is 0 Å². The highest BCUT2D eigenvalue weighted by Gasteiger charge is 2.46. The average Bonchev–Trinajstić information content (AvgIpc) is 3.20. The summed E-state index contributed by atoms with van der Waals surface area (Å²) in [5.41, 5.74) is 0.164. The summed E-state index contributed by atoms with van der Waals surface area (Å²) in [4.78, 5) is 0. The summed E-state index contributed by atoms with van der Waals surface area (Å²) in [6.07, 6.45) is 5.50. The van der Waals surface area contributed by atoms with Crippen molar-refractivity contribution in [1.29, 1.82) is 0 Å². The van der Waals surface area contributed by atoms with Crippen LogP contribution in [0.5, 0.6) is 5.75 Å². The van der Waals surface area contributed by atoms with Crippen LogP contribution >= 0.6 is 0 Å². The first-order valence-electron chi connectivity index (χ1n) is 7.95. The summed E-state index contributed by atoms with van der Waals surface area (Å²) < 4.78 is 17.3. The summed E-state index contributed by atoms with van der Waals surface area (Å²) in [5, 5.41) is 11.0. The minimum Gasteiger partial charge on any atom is -0.490 e. The van der Waals surface area contributed by atoms with E-state index >= 15 is 0 Å². The lowest BCUT2D eigenvalue weighted by molar-refractivity contribution is -0.204. The maximum absolute atomic E-state index is 11.0. The molecule has 114 valence electrons. The van der Waals surface area contributed by atoms with Crippen LogP contribution in [-0.2, 0) is 15.1 Å². The van der Waals surface area contributed by atoms with E-state index in [9.17, 15) is 5.11 Å². The third-order valence-electron chi connectivity index (χ3n) is 4.85. The number of rotatable bonds is 3. The van der Waals surface area contributed by atoms with E-state index in [0.717, 1.165) is 37.0 Å². The summed E-state index contributed by atoms with van der Waals surface area (Å²) in [5.74, 6) is 0.436. The molecule has 3 aliphatic rings. The van der Waals surface area contributed by atoms with Crippen LogP contribution in [0.2, 0.25) is 0 Å². The van der Waals surface area contributed by atoms with Crippen molar-refractivity contribution in [3.05, 3.63) is 29.8 Å². The highest BCUT2D eigenvalue weighted by Crippen LogP contribution is 2.45. The van der Waals surface area contributed by atoms with Crippen molar-refractivity contribution in [2.75, 3.05) is 13.2 Å². The van der Waals surface area contributed by atoms with E-state index in [1.54, 1.807) is 0 Å². The molecule has 0 unspecified atom stereocenters. The van der Waals surface area contributed by atoms with E-state index in [1.807, 2.05) is 24.3 Å². The summed E-state index contributed by atoms with van der Waals surface area (Å²) in [7, 11) is 0. The van der Waals surface area contributed by atoms with Crippen molar-refractivity contribution >= 4 is 0 Å². The molecule has 4 rings (SSSR count). The lowest BCUT2D eigenvalue weighted by atomic mass is 9.77. The molecule has 4 nitrogen and oxygen atoms in total. The Hall–Kier alpha value is -1.10. The summed E-state index contributed by atoms with van der Waals surface area (Å²) in [6.45, 7) is 1.34. The largest absolute Gasteiger partial charge is 0.490 e. The summed E-state index contributed by atoms with van der Waals surface area (Å²) >= 11 is 0. The zero-order valence-electron chi connectivity index (χ0n) is 12.2. The van der Waals surface area contributed by atoms with Crippen LogP contribution in [-0.4, -0.2) is 30.2 Å². The van der Waals surface area contributed by atoms with Crippen molar-refractivity contribution in [3.63, 3.8) is 0 Å². The van der Waals surface area contributed by atoms with Gasteiger partial charge in [0, 0.05) is 12.8 Å². The zero-order chi connectivity index (χ0) is 14.3. The van der Waals surface area contributed by atoms with Gasteiger partial charge in [0.05, 0.1) is 24.9 Å². The molecular formula is C17H22O4. The molecule has 0 atom stereocenters. The molecule has 1 aromatic rings. The van der Waals surface area contributed by atoms with Gasteiger partial charge in [0.25, 0.3) is 0 Å². The molecule has 2 aliphatic carbocycles. The van der Waals surface area contributed by atoms with Gasteiger partial charge < -0.3 is 19.3 Å². The topological polar surface area (TPSA) is 47.9 Å². The Balaban J connectivity index is 1.49. The molecule has 21 heavy (non-hydrogen) atoms. The van der Waals surface area contributed by atoms with Crippen molar-refractivity contribution < 1.29 is 19.3 Å². The second-order valence-electron chi connectivity index (χ2n) is 6.48. The number of hydrogen-bond donors (Lipinski definition) is 1. The van der Waals surface area contributed by atoms with Crippen LogP contribution in [0.4, 0.5) is 0 Å². The molecule has 1 aromatic carbocycles. The molecule has 0 bridgehead atoms. The quantitative estimate of drug-likeness (QED) is 0.930. The fraction of sp³-hybridized carbons (Fsp3) is 0.647. The van der Waals surface area contributed by atoms with Crippen molar-refractivity contribution in [3.8, 4) is 5.75 Å². The van der Waals surface area contributed by atoms with Crippen LogP contribution in [0.1, 0.15) is 44.1 Å². The van der Waals surface area contributed by atoms with Gasteiger partial charge in [-0.15, -0.1) is 0 Å². The highest BCUT2D eigenvalue weighted by molar-refractivity contribution is 5.33. The third-order valence-corrected chi connectivity index (χ3v) is 4.85. The number of ether oxygens (including phenoxy) is 3. The first-order chi connectivity index (χ1) is 10.2. The van der Waals surface area contributed by atoms with Crippen molar-refractivity contribution in [2.24, 2.45) is 0 Å². The van der Waals surface area contributed by atoms with Gasteiger partial charge in [-0.25, -0.2) is 0 Å². The van der Waals surface area contributed by atoms with Gasteiger partial charge >= 0.3 is 0 Å². The fourth-order valence-electron chi connectivity index (χ4n) is 3.36. The van der Waals surface area contributed by atoms with Gasteiger partial charge in [0.1, 0.15) is 5.75 Å². The third kappa shape index (κ3) is 2.68. The van der Waals surface area contributed by atoms with Gasteiger partial charge in [-0.1, -0.05) is 12.1 Å². The number of benzene rings is 1. The monoisotopic (exact) mass is 290 g/mol.